The van der Waals surface area contributed by atoms with Crippen LogP contribution in [0.15, 0.2) is 18.2 Å². The average Bonchev–Trinajstić information content (AvgIpc) is 2.59. The minimum atomic E-state index is -0.613. The molecule has 3 fully saturated rings. The van der Waals surface area contributed by atoms with Crippen molar-refractivity contribution in [1.82, 2.24) is 4.90 Å². The summed E-state index contributed by atoms with van der Waals surface area (Å²) >= 11 is 0. The summed E-state index contributed by atoms with van der Waals surface area (Å²) in [5.41, 5.74) is -0.0466. The fraction of sp³-hybridized carbons (Fsp3) is 0.611. The third-order valence-electron chi connectivity index (χ3n) is 5.00. The molecule has 3 heterocycles. The molecule has 3 aliphatic heterocycles. The normalized spacial score (nSPS) is 25.5. The lowest BCUT2D eigenvalue weighted by Crippen LogP contribution is -2.53. The maximum absolute atomic E-state index is 14.1. The highest BCUT2D eigenvalue weighted by Crippen LogP contribution is 2.31. The molecule has 4 nitrogen and oxygen atoms in total. The Balaban J connectivity index is 1.75. The summed E-state index contributed by atoms with van der Waals surface area (Å²) in [6, 6.07) is 3.16. The van der Waals surface area contributed by atoms with Gasteiger partial charge in [-0.1, -0.05) is 13.3 Å². The van der Waals surface area contributed by atoms with E-state index in [4.69, 9.17) is 4.74 Å². The number of amides is 1. The molecule has 4 rings (SSSR count). The minimum Gasteiger partial charge on any atom is -0.444 e. The zero-order valence-electron chi connectivity index (χ0n) is 14.0. The van der Waals surface area contributed by atoms with Crippen LogP contribution in [0.3, 0.4) is 0 Å². The van der Waals surface area contributed by atoms with Crippen LogP contribution in [0.5, 0.6) is 0 Å². The van der Waals surface area contributed by atoms with Crippen LogP contribution in [0.25, 0.3) is 0 Å². The van der Waals surface area contributed by atoms with Crippen LogP contribution in [-0.2, 0) is 4.74 Å². The van der Waals surface area contributed by atoms with Crippen LogP contribution in [0.4, 0.5) is 19.3 Å². The van der Waals surface area contributed by atoms with Crippen molar-refractivity contribution in [3.63, 3.8) is 0 Å². The van der Waals surface area contributed by atoms with Gasteiger partial charge in [0.2, 0.25) is 0 Å². The summed E-state index contributed by atoms with van der Waals surface area (Å²) < 4.78 is 33.3. The Morgan fingerprint density at radius 2 is 2.08 bits per heavy atom. The summed E-state index contributed by atoms with van der Waals surface area (Å²) in [7, 11) is 0. The number of benzene rings is 1. The molecule has 0 radical (unpaired) electrons. The van der Waals surface area contributed by atoms with Crippen molar-refractivity contribution in [1.29, 1.82) is 0 Å². The predicted molar refractivity (Wildman–Crippen MR) is 88.0 cm³/mol. The highest BCUT2D eigenvalue weighted by Gasteiger charge is 2.37. The molecule has 1 amide bonds. The molecule has 3 saturated heterocycles. The van der Waals surface area contributed by atoms with Gasteiger partial charge in [-0.3, -0.25) is 9.80 Å². The van der Waals surface area contributed by atoms with Gasteiger partial charge in [0.15, 0.2) is 0 Å². The third-order valence-corrected chi connectivity index (χ3v) is 5.00. The summed E-state index contributed by atoms with van der Waals surface area (Å²) in [4.78, 5) is 16.2. The molecule has 1 aromatic rings. The fourth-order valence-electron chi connectivity index (χ4n) is 3.56. The fourth-order valence-corrected chi connectivity index (χ4v) is 3.56. The molecule has 0 saturated carbocycles. The van der Waals surface area contributed by atoms with Gasteiger partial charge in [0.25, 0.3) is 0 Å². The third kappa shape index (κ3) is 3.69. The molecule has 0 N–H and O–H groups in total. The number of ether oxygens (including phenoxy) is 1. The number of rotatable bonds is 5. The van der Waals surface area contributed by atoms with Crippen molar-refractivity contribution >= 4 is 11.8 Å². The van der Waals surface area contributed by atoms with Gasteiger partial charge in [0.1, 0.15) is 17.7 Å². The topological polar surface area (TPSA) is 32.8 Å². The molecule has 2 bridgehead atoms. The van der Waals surface area contributed by atoms with Crippen LogP contribution in [-0.4, -0.2) is 43.3 Å². The largest absolute Gasteiger partial charge is 0.444 e. The van der Waals surface area contributed by atoms with Gasteiger partial charge in [-0.05, 0) is 50.4 Å². The smallest absolute Gasteiger partial charge is 0.414 e. The number of anilines is 1. The lowest BCUT2D eigenvalue weighted by molar-refractivity contribution is -0.0310. The number of hydrogen-bond acceptors (Lipinski definition) is 3. The second-order valence-electron chi connectivity index (χ2n) is 6.66. The molecule has 3 aliphatic rings. The zero-order chi connectivity index (χ0) is 17.1. The Kier molecular flexibility index (Phi) is 5.33. The van der Waals surface area contributed by atoms with Gasteiger partial charge in [0, 0.05) is 19.2 Å². The molecular weight excluding hydrogens is 314 g/mol. The van der Waals surface area contributed by atoms with Crippen molar-refractivity contribution in [3.8, 4) is 0 Å². The number of carbonyl (C=O) groups excluding carboxylic acids is 1. The predicted octanol–water partition coefficient (Wildman–Crippen LogP) is 3.80. The summed E-state index contributed by atoms with van der Waals surface area (Å²) in [5.74, 6) is -0.800. The van der Waals surface area contributed by atoms with Gasteiger partial charge < -0.3 is 4.74 Å². The number of carbonyl (C=O) groups is 1. The molecule has 132 valence electrons. The molecule has 1 aromatic carbocycles. The van der Waals surface area contributed by atoms with E-state index in [0.717, 1.165) is 57.1 Å². The van der Waals surface area contributed by atoms with E-state index in [0.29, 0.717) is 18.9 Å². The van der Waals surface area contributed by atoms with E-state index < -0.39 is 17.7 Å². The first-order chi connectivity index (χ1) is 11.6. The summed E-state index contributed by atoms with van der Waals surface area (Å²) in [5, 5.41) is 0. The highest BCUT2D eigenvalue weighted by atomic mass is 19.1. The summed E-state index contributed by atoms with van der Waals surface area (Å²) in [6.07, 6.45) is 2.88. The second-order valence-corrected chi connectivity index (χ2v) is 6.66. The number of piperidine rings is 3. The molecule has 1 atom stereocenters. The van der Waals surface area contributed by atoms with Crippen LogP contribution in [0, 0.1) is 17.6 Å². The lowest BCUT2D eigenvalue weighted by Gasteiger charge is -2.44. The SMILES string of the molecule is CCCCN(C(=O)O[C@H]1CN2CCC1CC2)c1cc(F)ccc1F. The van der Waals surface area contributed by atoms with E-state index in [9.17, 15) is 13.6 Å². The van der Waals surface area contributed by atoms with Gasteiger partial charge in [-0.25, -0.2) is 13.6 Å². The van der Waals surface area contributed by atoms with Crippen LogP contribution >= 0.6 is 0 Å². The molecule has 0 aliphatic carbocycles. The Labute approximate surface area is 141 Å². The molecule has 6 heteroatoms. The van der Waals surface area contributed by atoms with Crippen molar-refractivity contribution in [2.24, 2.45) is 5.92 Å². The van der Waals surface area contributed by atoms with E-state index in [1.54, 1.807) is 0 Å². The molecule has 24 heavy (non-hydrogen) atoms. The summed E-state index contributed by atoms with van der Waals surface area (Å²) in [6.45, 7) is 5.15. The molecular formula is C18H24F2N2O2. The first kappa shape index (κ1) is 17.1. The van der Waals surface area contributed by atoms with E-state index in [2.05, 4.69) is 4.90 Å². The van der Waals surface area contributed by atoms with Crippen molar-refractivity contribution < 1.29 is 18.3 Å². The number of fused-ring (bicyclic) bond motifs is 3. The van der Waals surface area contributed by atoms with Crippen molar-refractivity contribution in [3.05, 3.63) is 29.8 Å². The van der Waals surface area contributed by atoms with Gasteiger partial charge in [-0.15, -0.1) is 0 Å². The van der Waals surface area contributed by atoms with Gasteiger partial charge >= 0.3 is 6.09 Å². The Bertz CT molecular complexity index is 588. The molecule has 0 spiro atoms. The van der Waals surface area contributed by atoms with E-state index >= 15 is 0 Å². The van der Waals surface area contributed by atoms with Crippen LogP contribution in [0.2, 0.25) is 0 Å². The molecule has 0 aromatic heterocycles. The average molecular weight is 338 g/mol. The first-order valence-corrected chi connectivity index (χ1v) is 8.74. The number of halogens is 2. The first-order valence-electron chi connectivity index (χ1n) is 8.74. The monoisotopic (exact) mass is 338 g/mol. The van der Waals surface area contributed by atoms with Crippen LogP contribution < -0.4 is 4.90 Å². The minimum absolute atomic E-state index is 0.0466. The van der Waals surface area contributed by atoms with Gasteiger partial charge in [0.05, 0.1) is 5.69 Å². The Hall–Kier alpha value is -1.69. The molecule has 0 unspecified atom stereocenters. The van der Waals surface area contributed by atoms with E-state index in [-0.39, 0.29) is 11.8 Å². The zero-order valence-corrected chi connectivity index (χ0v) is 14.0. The van der Waals surface area contributed by atoms with Crippen molar-refractivity contribution in [2.75, 3.05) is 31.1 Å². The standard InChI is InChI=1S/C18H24F2N2O2/c1-2-3-8-22(16-11-14(19)4-5-15(16)20)18(23)24-17-12-21-9-6-13(17)7-10-21/h4-5,11,13,17H,2-3,6-10,12H2,1H3/t17-/m0/s1. The lowest BCUT2D eigenvalue weighted by atomic mass is 9.86. The quantitative estimate of drug-likeness (QED) is 0.819. The second kappa shape index (κ2) is 7.47. The maximum Gasteiger partial charge on any atom is 0.414 e. The van der Waals surface area contributed by atoms with E-state index in [1.165, 1.54) is 4.90 Å². The highest BCUT2D eigenvalue weighted by molar-refractivity contribution is 5.87. The number of unbranched alkanes of at least 4 members (excludes halogenated alkanes) is 1. The maximum atomic E-state index is 14.1. The van der Waals surface area contributed by atoms with Crippen molar-refractivity contribution in [2.45, 2.75) is 38.7 Å². The Morgan fingerprint density at radius 3 is 2.71 bits per heavy atom. The Morgan fingerprint density at radius 1 is 1.33 bits per heavy atom. The van der Waals surface area contributed by atoms with Crippen LogP contribution in [0.1, 0.15) is 32.6 Å². The van der Waals surface area contributed by atoms with Gasteiger partial charge in [-0.2, -0.15) is 0 Å². The van der Waals surface area contributed by atoms with E-state index in [1.807, 2.05) is 6.92 Å². The number of hydrogen-bond donors (Lipinski definition) is 0. The number of nitrogens with zero attached hydrogens (tertiary/aromatic N) is 2.